The van der Waals surface area contributed by atoms with E-state index in [4.69, 9.17) is 0 Å². The standard InChI is InChI=1S/C63H45N9O9/c1-25(73)67-31-4-28(16-64-19-31)22-70-58(76)46-7-34-35(8-47(46)59(70)77)41-13-40(34)52-53(41)55-43-15-45(39-12-51-49(10-37(39)43)61(79)72(63(51)81)24-30-6-33(21-66-18-30)69-27(3)75)57(55)56-44-14-42(54(52)56)36-9-48-50(11-38(36)44)62(80)71(60(48)78)23-29-5-32(20-65-17-29)68-26(2)74/h4-12,16-21,40-45H,13-15,22-24H2,1-3H3,(H,67,73)(H,68,74)(H,69,75). The van der Waals surface area contributed by atoms with Crippen molar-refractivity contribution in [3.8, 4) is 0 Å². The number of hydrogen-bond acceptors (Lipinski definition) is 12. The number of carbonyl (C=O) groups excluding carboxylic acids is 9. The van der Waals surface area contributed by atoms with Crippen LogP contribution in [-0.2, 0) is 34.0 Å². The fourth-order valence-corrected chi connectivity index (χ4v) is 15.7. The lowest BCUT2D eigenvalue weighted by atomic mass is 9.68. The molecule has 9 aliphatic rings. The number of rotatable bonds is 9. The van der Waals surface area contributed by atoms with E-state index in [-0.39, 0.29) is 72.9 Å². The third kappa shape index (κ3) is 6.49. The Morgan fingerprint density at radius 2 is 0.568 bits per heavy atom. The largest absolute Gasteiger partial charge is 0.325 e. The van der Waals surface area contributed by atoms with Crippen LogP contribution in [0.1, 0.15) is 221 Å². The van der Waals surface area contributed by atoms with E-state index in [1.165, 1.54) is 87.4 Å². The molecule has 7 aromatic rings. The molecule has 6 aliphatic carbocycles. The van der Waals surface area contributed by atoms with E-state index in [1.54, 1.807) is 36.8 Å². The van der Waals surface area contributed by atoms with Crippen molar-refractivity contribution in [3.05, 3.63) is 209 Å². The third-order valence-electron chi connectivity index (χ3n) is 18.4. The van der Waals surface area contributed by atoms with Crippen molar-refractivity contribution >= 4 is 70.2 Å². The molecule has 4 aromatic carbocycles. The molecular weight excluding hydrogens is 1030 g/mol. The Labute approximate surface area is 461 Å². The number of fused-ring (bicyclic) bond motifs is 30. The summed E-state index contributed by atoms with van der Waals surface area (Å²) in [6.45, 7) is 4.08. The van der Waals surface area contributed by atoms with Crippen molar-refractivity contribution in [1.82, 2.24) is 29.7 Å². The molecule has 6 unspecified atom stereocenters. The van der Waals surface area contributed by atoms with Crippen LogP contribution in [0.15, 0.2) is 91.8 Å². The second-order valence-electron chi connectivity index (χ2n) is 23.0. The summed E-state index contributed by atoms with van der Waals surface area (Å²) in [7, 11) is 0. The molecule has 0 saturated carbocycles. The summed E-state index contributed by atoms with van der Waals surface area (Å²) in [5, 5.41) is 8.15. The van der Waals surface area contributed by atoms with Crippen molar-refractivity contribution in [2.24, 2.45) is 0 Å². The topological polar surface area (TPSA) is 238 Å². The Bertz CT molecular complexity index is 3690. The number of aromatic nitrogens is 3. The van der Waals surface area contributed by atoms with Gasteiger partial charge in [-0.2, -0.15) is 0 Å². The normalized spacial score (nSPS) is 21.7. The minimum absolute atomic E-state index is 0.0341. The van der Waals surface area contributed by atoms with E-state index in [1.807, 2.05) is 36.4 Å². The number of imide groups is 3. The maximum Gasteiger partial charge on any atom is 0.261 e. The SMILES string of the molecule is CC(=O)Nc1cncc(CN2C(=O)c3cc4c(cc3C2=O)C2CC4c3c4c(c5c(c32)C2CC5c3cc5c(cc32)C(=O)N(Cc2cncc(NC(C)=O)c2)C5=O)C2CC4c3cc4c(cc32)C(=O)N(Cc2cncc(NC(C)=O)c2)C4=O)c1. The molecule has 3 aliphatic heterocycles. The number of nitrogens with one attached hydrogen (secondary N) is 3. The minimum Gasteiger partial charge on any atom is -0.325 e. The molecule has 0 fully saturated rings. The van der Waals surface area contributed by atoms with Gasteiger partial charge in [0.1, 0.15) is 0 Å². The lowest BCUT2D eigenvalue weighted by Crippen LogP contribution is -2.29. The molecular formula is C63H45N9O9. The van der Waals surface area contributed by atoms with Gasteiger partial charge in [-0.15, -0.1) is 0 Å². The van der Waals surface area contributed by atoms with E-state index in [9.17, 15) is 43.2 Å². The highest BCUT2D eigenvalue weighted by Crippen LogP contribution is 2.72. The van der Waals surface area contributed by atoms with Gasteiger partial charge in [0.05, 0.1) is 88.7 Å². The van der Waals surface area contributed by atoms with E-state index in [2.05, 4.69) is 30.9 Å². The van der Waals surface area contributed by atoms with Crippen LogP contribution in [-0.4, -0.2) is 82.8 Å². The fourth-order valence-electron chi connectivity index (χ4n) is 15.7. The number of carbonyl (C=O) groups is 9. The number of anilines is 3. The van der Waals surface area contributed by atoms with Gasteiger partial charge >= 0.3 is 0 Å². The molecule has 3 aromatic heterocycles. The van der Waals surface area contributed by atoms with Gasteiger partial charge < -0.3 is 16.0 Å². The molecule has 0 radical (unpaired) electrons. The molecule has 81 heavy (non-hydrogen) atoms. The molecule has 6 heterocycles. The van der Waals surface area contributed by atoms with Crippen LogP contribution in [0.5, 0.6) is 0 Å². The Morgan fingerprint density at radius 3 is 0.765 bits per heavy atom. The van der Waals surface area contributed by atoms with Crippen LogP contribution in [0.3, 0.4) is 0 Å². The number of hydrogen-bond donors (Lipinski definition) is 3. The quantitative estimate of drug-likeness (QED) is 0.116. The molecule has 6 atom stereocenters. The summed E-state index contributed by atoms with van der Waals surface area (Å²) < 4.78 is 0. The molecule has 6 bridgehead atoms. The molecule has 396 valence electrons. The molecule has 18 heteroatoms. The second-order valence-corrected chi connectivity index (χ2v) is 23.0. The molecule has 0 spiro atoms. The Hall–Kier alpha value is -9.84. The predicted molar refractivity (Wildman–Crippen MR) is 289 cm³/mol. The average molecular weight is 1070 g/mol. The summed E-state index contributed by atoms with van der Waals surface area (Å²) in [5.74, 6) is -3.89. The van der Waals surface area contributed by atoms with Crippen LogP contribution in [0, 0.1) is 0 Å². The summed E-state index contributed by atoms with van der Waals surface area (Å²) in [6, 6.07) is 16.7. The van der Waals surface area contributed by atoms with Crippen LogP contribution < -0.4 is 16.0 Å². The van der Waals surface area contributed by atoms with Crippen molar-refractivity contribution < 1.29 is 43.2 Å². The molecule has 16 rings (SSSR count). The maximum absolute atomic E-state index is 14.4. The summed E-state index contributed by atoms with van der Waals surface area (Å²) in [4.78, 5) is 138. The van der Waals surface area contributed by atoms with E-state index in [0.717, 1.165) is 52.6 Å². The van der Waals surface area contributed by atoms with Crippen molar-refractivity contribution in [1.29, 1.82) is 0 Å². The van der Waals surface area contributed by atoms with E-state index in [0.29, 0.717) is 67.1 Å². The zero-order valence-corrected chi connectivity index (χ0v) is 43.7. The van der Waals surface area contributed by atoms with Gasteiger partial charge in [0.15, 0.2) is 0 Å². The summed E-state index contributed by atoms with van der Waals surface area (Å²) >= 11 is 0. The Kier molecular flexibility index (Phi) is 9.54. The van der Waals surface area contributed by atoms with Crippen LogP contribution in [0.4, 0.5) is 17.1 Å². The van der Waals surface area contributed by atoms with Gasteiger partial charge in [-0.05, 0) is 157 Å². The van der Waals surface area contributed by atoms with Crippen LogP contribution >= 0.6 is 0 Å². The number of amides is 9. The average Bonchev–Trinajstić information content (AvgIpc) is 1.96. The van der Waals surface area contributed by atoms with Gasteiger partial charge in [0.25, 0.3) is 35.4 Å². The van der Waals surface area contributed by atoms with Gasteiger partial charge in [0.2, 0.25) is 17.7 Å². The lowest BCUT2D eigenvalue weighted by Gasteiger charge is -2.35. The number of pyridine rings is 3. The summed E-state index contributed by atoms with van der Waals surface area (Å²) in [6.07, 6.45) is 11.5. The van der Waals surface area contributed by atoms with Gasteiger partial charge in [-0.25, -0.2) is 0 Å². The minimum atomic E-state index is -0.403. The lowest BCUT2D eigenvalue weighted by molar-refractivity contribution is -0.115. The predicted octanol–water partition coefficient (Wildman–Crippen LogP) is 8.08. The molecule has 3 N–H and O–H groups in total. The van der Waals surface area contributed by atoms with Crippen molar-refractivity contribution in [2.45, 2.75) is 95.2 Å². The first kappa shape index (κ1) is 47.2. The monoisotopic (exact) mass is 1070 g/mol. The first-order chi connectivity index (χ1) is 39.1. The molecule has 0 saturated heterocycles. The highest BCUT2D eigenvalue weighted by atomic mass is 16.2. The van der Waals surface area contributed by atoms with Gasteiger partial charge in [-0.3, -0.25) is 72.8 Å². The second kappa shape index (κ2) is 16.4. The first-order valence-electron chi connectivity index (χ1n) is 27.1. The van der Waals surface area contributed by atoms with Crippen LogP contribution in [0.2, 0.25) is 0 Å². The molecule has 9 amide bonds. The summed E-state index contributed by atoms with van der Waals surface area (Å²) in [5.41, 5.74) is 18.6. The van der Waals surface area contributed by atoms with Crippen molar-refractivity contribution in [3.63, 3.8) is 0 Å². The van der Waals surface area contributed by atoms with Gasteiger partial charge in [0, 0.05) is 74.9 Å². The smallest absolute Gasteiger partial charge is 0.261 e. The Balaban J connectivity index is 0.802. The molecule has 18 nitrogen and oxygen atoms in total. The van der Waals surface area contributed by atoms with Crippen LogP contribution in [0.25, 0.3) is 0 Å². The fraction of sp³-hybridized carbons (Fsp3) is 0.238. The maximum atomic E-state index is 14.4. The Morgan fingerprint density at radius 1 is 0.358 bits per heavy atom. The van der Waals surface area contributed by atoms with Crippen molar-refractivity contribution in [2.75, 3.05) is 16.0 Å². The van der Waals surface area contributed by atoms with E-state index >= 15 is 0 Å². The van der Waals surface area contributed by atoms with E-state index < -0.39 is 35.4 Å². The third-order valence-corrected chi connectivity index (χ3v) is 18.4. The zero-order valence-electron chi connectivity index (χ0n) is 43.7. The highest BCUT2D eigenvalue weighted by molar-refractivity contribution is 6.23. The number of benzene rings is 4. The zero-order chi connectivity index (χ0) is 55.3. The number of nitrogens with zero attached hydrogens (tertiary/aromatic N) is 6. The highest BCUT2D eigenvalue weighted by Gasteiger charge is 2.58. The first-order valence-corrected chi connectivity index (χ1v) is 27.1. The van der Waals surface area contributed by atoms with Gasteiger partial charge in [-0.1, -0.05) is 0 Å².